The van der Waals surface area contributed by atoms with E-state index < -0.39 is 12.1 Å². The minimum atomic E-state index is -0.887. The van der Waals surface area contributed by atoms with Crippen molar-refractivity contribution < 1.29 is 19.1 Å². The average Bonchev–Trinajstić information content (AvgIpc) is 2.77. The van der Waals surface area contributed by atoms with Gasteiger partial charge in [-0.05, 0) is 75.4 Å². The number of aryl methyl sites for hydroxylation is 1. The molecule has 1 atom stereocenters. The van der Waals surface area contributed by atoms with Gasteiger partial charge in [0.25, 0.3) is 0 Å². The van der Waals surface area contributed by atoms with Gasteiger partial charge in [-0.3, -0.25) is 9.78 Å². The normalized spacial score (nSPS) is 14.1. The Hall–Kier alpha value is -3.21. The zero-order valence-electron chi connectivity index (χ0n) is 17.3. The van der Waals surface area contributed by atoms with Crippen LogP contribution >= 0.6 is 0 Å². The summed E-state index contributed by atoms with van der Waals surface area (Å²) in [6.07, 6.45) is 2.87. The summed E-state index contributed by atoms with van der Waals surface area (Å²) in [5.74, 6) is 0.00532. The Labute approximate surface area is 176 Å². The van der Waals surface area contributed by atoms with Gasteiger partial charge in [0.05, 0.1) is 17.7 Å². The molecule has 3 aromatic rings. The number of nitrogens with zero attached hydrogens (tertiary/aromatic N) is 1. The van der Waals surface area contributed by atoms with E-state index >= 15 is 0 Å². The second-order valence-electron chi connectivity index (χ2n) is 7.51. The lowest BCUT2D eigenvalue weighted by Crippen LogP contribution is -2.26. The molecule has 0 bridgehead atoms. The van der Waals surface area contributed by atoms with Gasteiger partial charge < -0.3 is 9.47 Å². The van der Waals surface area contributed by atoms with Crippen LogP contribution in [0.4, 0.5) is 0 Å². The van der Waals surface area contributed by atoms with Crippen LogP contribution in [0.1, 0.15) is 58.7 Å². The number of ether oxygens (including phenoxy) is 2. The smallest absolute Gasteiger partial charge is 0.339 e. The number of hydrogen-bond donors (Lipinski definition) is 0. The Balaban J connectivity index is 1.60. The number of carbonyl (C=O) groups excluding carboxylic acids is 2. The van der Waals surface area contributed by atoms with Crippen molar-refractivity contribution >= 4 is 22.7 Å². The minimum Gasteiger partial charge on any atom is -0.494 e. The zero-order chi connectivity index (χ0) is 21.1. The number of para-hydroxylation sites is 1. The quantitative estimate of drug-likeness (QED) is 0.431. The number of esters is 1. The summed E-state index contributed by atoms with van der Waals surface area (Å²) in [6, 6.07) is 14.5. The third kappa shape index (κ3) is 3.92. The second kappa shape index (κ2) is 8.66. The van der Waals surface area contributed by atoms with Crippen LogP contribution in [0.5, 0.6) is 5.75 Å². The summed E-state index contributed by atoms with van der Waals surface area (Å²) >= 11 is 0. The molecule has 1 aliphatic rings. The predicted molar refractivity (Wildman–Crippen MR) is 115 cm³/mol. The van der Waals surface area contributed by atoms with Crippen LogP contribution in [0.2, 0.25) is 0 Å². The van der Waals surface area contributed by atoms with Crippen molar-refractivity contribution in [2.45, 2.75) is 45.6 Å². The molecule has 0 amide bonds. The highest BCUT2D eigenvalue weighted by Gasteiger charge is 2.27. The Morgan fingerprint density at radius 2 is 1.77 bits per heavy atom. The van der Waals surface area contributed by atoms with Gasteiger partial charge in [0.1, 0.15) is 5.75 Å². The van der Waals surface area contributed by atoms with Crippen molar-refractivity contribution in [3.05, 3.63) is 70.9 Å². The Bertz CT molecular complexity index is 1090. The number of Topliss-reactive ketones (excluding diaryl/α,β-unsaturated/α-hetero) is 1. The number of benzene rings is 2. The standard InChI is InChI=1S/C25H25NO4/c1-3-29-18-14-12-17(13-15-18)24(27)16(2)30-25(28)23-19-8-4-6-10-21(19)26-22-11-7-5-9-20(22)23/h4,6,8,10,12-16H,3,5,7,9,11H2,1-2H3/t16-/m0/s1. The van der Waals surface area contributed by atoms with Gasteiger partial charge in [-0.15, -0.1) is 0 Å². The van der Waals surface area contributed by atoms with E-state index in [9.17, 15) is 9.59 Å². The molecule has 0 saturated heterocycles. The summed E-state index contributed by atoms with van der Waals surface area (Å²) in [6.45, 7) is 4.08. The monoisotopic (exact) mass is 403 g/mol. The van der Waals surface area contributed by atoms with Crippen molar-refractivity contribution in [2.24, 2.45) is 0 Å². The fourth-order valence-corrected chi connectivity index (χ4v) is 4.00. The first kappa shape index (κ1) is 20.1. The predicted octanol–water partition coefficient (Wildman–Crippen LogP) is 4.94. The molecule has 1 heterocycles. The average molecular weight is 403 g/mol. The molecule has 1 aromatic heterocycles. The molecule has 0 aliphatic heterocycles. The van der Waals surface area contributed by atoms with Gasteiger partial charge in [-0.2, -0.15) is 0 Å². The Kier molecular flexibility index (Phi) is 5.79. The van der Waals surface area contributed by atoms with E-state index in [1.807, 2.05) is 31.2 Å². The topological polar surface area (TPSA) is 65.5 Å². The summed E-state index contributed by atoms with van der Waals surface area (Å²) in [5, 5.41) is 0.781. The fourth-order valence-electron chi connectivity index (χ4n) is 4.00. The largest absolute Gasteiger partial charge is 0.494 e. The van der Waals surface area contributed by atoms with E-state index in [4.69, 9.17) is 14.5 Å². The van der Waals surface area contributed by atoms with Crippen molar-refractivity contribution in [3.8, 4) is 5.75 Å². The maximum atomic E-state index is 13.2. The third-order valence-corrected chi connectivity index (χ3v) is 5.48. The lowest BCUT2D eigenvalue weighted by molar-refractivity contribution is 0.0319. The van der Waals surface area contributed by atoms with Crippen LogP contribution < -0.4 is 4.74 Å². The summed E-state index contributed by atoms with van der Waals surface area (Å²) < 4.78 is 11.1. The van der Waals surface area contributed by atoms with Crippen LogP contribution in [-0.4, -0.2) is 29.4 Å². The molecule has 0 unspecified atom stereocenters. The molecule has 0 fully saturated rings. The van der Waals surface area contributed by atoms with Crippen LogP contribution in [0.3, 0.4) is 0 Å². The first-order valence-corrected chi connectivity index (χ1v) is 10.5. The van der Waals surface area contributed by atoms with E-state index in [0.717, 1.165) is 47.8 Å². The van der Waals surface area contributed by atoms with Gasteiger partial charge in [-0.1, -0.05) is 18.2 Å². The van der Waals surface area contributed by atoms with E-state index in [1.165, 1.54) is 0 Å². The molecule has 30 heavy (non-hydrogen) atoms. The number of hydrogen-bond acceptors (Lipinski definition) is 5. The molecule has 1 aliphatic carbocycles. The van der Waals surface area contributed by atoms with Gasteiger partial charge in [-0.25, -0.2) is 4.79 Å². The van der Waals surface area contributed by atoms with Crippen molar-refractivity contribution in [1.29, 1.82) is 0 Å². The fraction of sp³-hybridized carbons (Fsp3) is 0.320. The number of carbonyl (C=O) groups is 2. The molecule has 0 radical (unpaired) electrons. The number of fused-ring (bicyclic) bond motifs is 2. The molecule has 2 aromatic carbocycles. The van der Waals surface area contributed by atoms with E-state index in [1.54, 1.807) is 31.2 Å². The molecule has 0 spiro atoms. The summed E-state index contributed by atoms with van der Waals surface area (Å²) in [4.78, 5) is 30.8. The maximum Gasteiger partial charge on any atom is 0.339 e. The van der Waals surface area contributed by atoms with E-state index in [0.29, 0.717) is 23.5 Å². The number of ketones is 1. The zero-order valence-corrected chi connectivity index (χ0v) is 17.3. The molecule has 154 valence electrons. The van der Waals surface area contributed by atoms with Crippen molar-refractivity contribution in [2.75, 3.05) is 6.61 Å². The third-order valence-electron chi connectivity index (χ3n) is 5.48. The molecule has 4 rings (SSSR count). The Morgan fingerprint density at radius 3 is 2.53 bits per heavy atom. The van der Waals surface area contributed by atoms with Crippen LogP contribution in [0.25, 0.3) is 10.9 Å². The Morgan fingerprint density at radius 1 is 1.03 bits per heavy atom. The number of aromatic nitrogens is 1. The SMILES string of the molecule is CCOc1ccc(C(=O)[C@H](C)OC(=O)c2c3c(nc4ccccc24)CCCC3)cc1. The second-order valence-corrected chi connectivity index (χ2v) is 7.51. The summed E-state index contributed by atoms with van der Waals surface area (Å²) in [7, 11) is 0. The number of pyridine rings is 1. The highest BCUT2D eigenvalue weighted by molar-refractivity contribution is 6.07. The minimum absolute atomic E-state index is 0.237. The van der Waals surface area contributed by atoms with Gasteiger partial charge >= 0.3 is 5.97 Å². The first-order chi connectivity index (χ1) is 14.6. The van der Waals surface area contributed by atoms with Crippen molar-refractivity contribution in [1.82, 2.24) is 4.98 Å². The summed E-state index contributed by atoms with van der Waals surface area (Å²) in [5.41, 5.74) is 3.76. The van der Waals surface area contributed by atoms with Gasteiger partial charge in [0.15, 0.2) is 6.10 Å². The highest BCUT2D eigenvalue weighted by atomic mass is 16.5. The van der Waals surface area contributed by atoms with E-state index in [-0.39, 0.29) is 5.78 Å². The van der Waals surface area contributed by atoms with E-state index in [2.05, 4.69) is 0 Å². The molecular formula is C25H25NO4. The first-order valence-electron chi connectivity index (χ1n) is 10.5. The van der Waals surface area contributed by atoms with Crippen LogP contribution in [0.15, 0.2) is 48.5 Å². The maximum absolute atomic E-state index is 13.2. The van der Waals surface area contributed by atoms with Crippen molar-refractivity contribution in [3.63, 3.8) is 0 Å². The molecule has 0 saturated carbocycles. The van der Waals surface area contributed by atoms with Crippen LogP contribution in [-0.2, 0) is 17.6 Å². The molecule has 5 nitrogen and oxygen atoms in total. The number of rotatable bonds is 6. The van der Waals surface area contributed by atoms with Gasteiger partial charge in [0, 0.05) is 16.6 Å². The highest BCUT2D eigenvalue weighted by Crippen LogP contribution is 2.30. The molecular weight excluding hydrogens is 378 g/mol. The van der Waals surface area contributed by atoms with Crippen LogP contribution in [0, 0.1) is 0 Å². The van der Waals surface area contributed by atoms with Gasteiger partial charge in [0.2, 0.25) is 5.78 Å². The molecule has 0 N–H and O–H groups in total. The lowest BCUT2D eigenvalue weighted by Gasteiger charge is -2.21. The lowest BCUT2D eigenvalue weighted by atomic mass is 9.90. The molecule has 5 heteroatoms.